The predicted molar refractivity (Wildman–Crippen MR) is 90.7 cm³/mol. The maximum absolute atomic E-state index is 13.5. The molecule has 0 heterocycles. The van der Waals surface area contributed by atoms with Crippen molar-refractivity contribution in [3.63, 3.8) is 0 Å². The lowest BCUT2D eigenvalue weighted by Crippen LogP contribution is -2.22. The smallest absolute Gasteiger partial charge is 0.220 e. The largest absolute Gasteiger partial charge is 0.493 e. The maximum atomic E-state index is 13.5. The fourth-order valence-electron chi connectivity index (χ4n) is 2.42. The van der Waals surface area contributed by atoms with Crippen molar-refractivity contribution in [1.82, 2.24) is 5.32 Å². The number of amides is 1. The van der Waals surface area contributed by atoms with Gasteiger partial charge in [0.25, 0.3) is 0 Å². The number of nitrogens with one attached hydrogen (secondary N) is 1. The minimum Gasteiger partial charge on any atom is -0.493 e. The van der Waals surface area contributed by atoms with Crippen LogP contribution >= 0.6 is 0 Å². The van der Waals surface area contributed by atoms with Crippen LogP contribution in [0.25, 0.3) is 0 Å². The molecule has 1 amide bonds. The first-order chi connectivity index (χ1) is 11.6. The second-order valence-electron chi connectivity index (χ2n) is 5.41. The highest BCUT2D eigenvalue weighted by atomic mass is 19.1. The summed E-state index contributed by atoms with van der Waals surface area (Å²) in [4.78, 5) is 11.9. The number of ether oxygens (including phenoxy) is 2. The van der Waals surface area contributed by atoms with E-state index in [2.05, 4.69) is 5.32 Å². The van der Waals surface area contributed by atoms with E-state index in [1.54, 1.807) is 38.5 Å². The molecule has 0 atom stereocenters. The summed E-state index contributed by atoms with van der Waals surface area (Å²) in [7, 11) is 3.15. The predicted octanol–water partition coefficient (Wildman–Crippen LogP) is 3.48. The average Bonchev–Trinajstić information content (AvgIpc) is 2.61. The monoisotopic (exact) mass is 331 g/mol. The molecule has 2 rings (SSSR count). The number of halogens is 1. The second kappa shape index (κ2) is 8.91. The number of carbonyl (C=O) groups excluding carboxylic acids is 1. The third-order valence-electron chi connectivity index (χ3n) is 3.75. The van der Waals surface area contributed by atoms with E-state index in [-0.39, 0.29) is 11.7 Å². The van der Waals surface area contributed by atoms with E-state index in [4.69, 9.17) is 9.47 Å². The standard InChI is InChI=1S/C19H22FNO3/c1-23-17-11-10-14(12-18(17)24-2)13-21-19(22)9-5-7-15-6-3-4-8-16(15)20/h3-4,6,8,10-12H,5,7,9,13H2,1-2H3,(H,21,22). The molecule has 0 spiro atoms. The first-order valence-electron chi connectivity index (χ1n) is 7.85. The van der Waals surface area contributed by atoms with E-state index in [1.807, 2.05) is 12.1 Å². The van der Waals surface area contributed by atoms with Gasteiger partial charge < -0.3 is 14.8 Å². The molecule has 4 nitrogen and oxygen atoms in total. The number of rotatable bonds is 8. The maximum Gasteiger partial charge on any atom is 0.220 e. The summed E-state index contributed by atoms with van der Waals surface area (Å²) in [6.07, 6.45) is 1.52. The molecule has 128 valence electrons. The van der Waals surface area contributed by atoms with Crippen molar-refractivity contribution in [3.8, 4) is 11.5 Å². The van der Waals surface area contributed by atoms with Crippen LogP contribution in [0.4, 0.5) is 4.39 Å². The molecular formula is C19H22FNO3. The highest BCUT2D eigenvalue weighted by molar-refractivity contribution is 5.75. The van der Waals surface area contributed by atoms with Crippen LogP contribution in [0.2, 0.25) is 0 Å². The van der Waals surface area contributed by atoms with Crippen LogP contribution in [0.1, 0.15) is 24.0 Å². The SMILES string of the molecule is COc1ccc(CNC(=O)CCCc2ccccc2F)cc1OC. The van der Waals surface area contributed by atoms with E-state index in [0.29, 0.717) is 42.9 Å². The normalized spacial score (nSPS) is 10.3. The Kier molecular flexibility index (Phi) is 6.61. The van der Waals surface area contributed by atoms with Crippen molar-refractivity contribution < 1.29 is 18.7 Å². The van der Waals surface area contributed by atoms with Gasteiger partial charge in [-0.05, 0) is 42.2 Å². The molecule has 1 N–H and O–H groups in total. The molecule has 0 fully saturated rings. The van der Waals surface area contributed by atoms with E-state index in [1.165, 1.54) is 6.07 Å². The third kappa shape index (κ3) is 4.98. The van der Waals surface area contributed by atoms with E-state index in [9.17, 15) is 9.18 Å². The summed E-state index contributed by atoms with van der Waals surface area (Å²) in [5, 5.41) is 2.86. The highest BCUT2D eigenvalue weighted by Crippen LogP contribution is 2.27. The minimum atomic E-state index is -0.219. The Hall–Kier alpha value is -2.56. The highest BCUT2D eigenvalue weighted by Gasteiger charge is 2.07. The van der Waals surface area contributed by atoms with Crippen LogP contribution in [0, 0.1) is 5.82 Å². The Morgan fingerprint density at radius 1 is 1.08 bits per heavy atom. The fraction of sp³-hybridized carbons (Fsp3) is 0.316. The van der Waals surface area contributed by atoms with Crippen molar-refractivity contribution in [3.05, 3.63) is 59.4 Å². The molecule has 0 radical (unpaired) electrons. The van der Waals surface area contributed by atoms with Crippen molar-refractivity contribution in [2.24, 2.45) is 0 Å². The van der Waals surface area contributed by atoms with Gasteiger partial charge in [-0.1, -0.05) is 24.3 Å². The number of methoxy groups -OCH3 is 2. The molecular weight excluding hydrogens is 309 g/mol. The Morgan fingerprint density at radius 2 is 1.83 bits per heavy atom. The van der Waals surface area contributed by atoms with Gasteiger partial charge in [-0.25, -0.2) is 4.39 Å². The van der Waals surface area contributed by atoms with Crippen LogP contribution in [-0.4, -0.2) is 20.1 Å². The van der Waals surface area contributed by atoms with Crippen LogP contribution < -0.4 is 14.8 Å². The topological polar surface area (TPSA) is 47.6 Å². The van der Waals surface area contributed by atoms with Crippen LogP contribution in [0.5, 0.6) is 11.5 Å². The summed E-state index contributed by atoms with van der Waals surface area (Å²) < 4.78 is 23.9. The van der Waals surface area contributed by atoms with Crippen molar-refractivity contribution in [2.75, 3.05) is 14.2 Å². The van der Waals surface area contributed by atoms with Crippen LogP contribution in [0.15, 0.2) is 42.5 Å². The van der Waals surface area contributed by atoms with Gasteiger partial charge in [0.1, 0.15) is 5.82 Å². The Morgan fingerprint density at radius 3 is 2.54 bits per heavy atom. The van der Waals surface area contributed by atoms with E-state index < -0.39 is 0 Å². The molecule has 0 saturated carbocycles. The Labute approximate surface area is 141 Å². The first-order valence-corrected chi connectivity index (χ1v) is 7.85. The molecule has 0 bridgehead atoms. The van der Waals surface area contributed by atoms with Gasteiger partial charge in [0.2, 0.25) is 5.91 Å². The molecule has 24 heavy (non-hydrogen) atoms. The molecule has 0 unspecified atom stereocenters. The average molecular weight is 331 g/mol. The fourth-order valence-corrected chi connectivity index (χ4v) is 2.42. The Balaban J connectivity index is 1.78. The van der Waals surface area contributed by atoms with Gasteiger partial charge in [0, 0.05) is 13.0 Å². The number of benzene rings is 2. The van der Waals surface area contributed by atoms with Gasteiger partial charge in [0.05, 0.1) is 14.2 Å². The lowest BCUT2D eigenvalue weighted by Gasteiger charge is -2.10. The number of hydrogen-bond donors (Lipinski definition) is 1. The summed E-state index contributed by atoms with van der Waals surface area (Å²) in [5.74, 6) is 1.01. The quantitative estimate of drug-likeness (QED) is 0.805. The lowest BCUT2D eigenvalue weighted by atomic mass is 10.1. The zero-order valence-electron chi connectivity index (χ0n) is 14.0. The lowest BCUT2D eigenvalue weighted by molar-refractivity contribution is -0.121. The molecule has 0 aliphatic rings. The van der Waals surface area contributed by atoms with Crippen molar-refractivity contribution in [2.45, 2.75) is 25.8 Å². The third-order valence-corrected chi connectivity index (χ3v) is 3.75. The molecule has 2 aromatic rings. The first kappa shape index (κ1) is 17.8. The minimum absolute atomic E-state index is 0.0545. The molecule has 0 aromatic heterocycles. The summed E-state index contributed by atoms with van der Waals surface area (Å²) >= 11 is 0. The molecule has 2 aromatic carbocycles. The van der Waals surface area contributed by atoms with Gasteiger partial charge in [-0.3, -0.25) is 4.79 Å². The van der Waals surface area contributed by atoms with Crippen molar-refractivity contribution >= 4 is 5.91 Å². The summed E-state index contributed by atoms with van der Waals surface area (Å²) in [5.41, 5.74) is 1.57. The van der Waals surface area contributed by atoms with Gasteiger partial charge in [-0.2, -0.15) is 0 Å². The van der Waals surface area contributed by atoms with Gasteiger partial charge in [-0.15, -0.1) is 0 Å². The van der Waals surface area contributed by atoms with Crippen molar-refractivity contribution in [1.29, 1.82) is 0 Å². The van der Waals surface area contributed by atoms with Gasteiger partial charge in [0.15, 0.2) is 11.5 Å². The number of hydrogen-bond acceptors (Lipinski definition) is 3. The molecule has 0 aliphatic carbocycles. The van der Waals surface area contributed by atoms with Crippen LogP contribution in [0.3, 0.4) is 0 Å². The molecule has 0 aliphatic heterocycles. The zero-order valence-corrected chi connectivity index (χ0v) is 14.0. The summed E-state index contributed by atoms with van der Waals surface area (Å²) in [6, 6.07) is 12.2. The Bertz CT molecular complexity index is 688. The second-order valence-corrected chi connectivity index (χ2v) is 5.41. The molecule has 0 saturated heterocycles. The number of aryl methyl sites for hydroxylation is 1. The van der Waals surface area contributed by atoms with E-state index >= 15 is 0 Å². The van der Waals surface area contributed by atoms with Crippen LogP contribution in [-0.2, 0) is 17.8 Å². The van der Waals surface area contributed by atoms with E-state index in [0.717, 1.165) is 5.56 Å². The zero-order chi connectivity index (χ0) is 17.4. The number of carbonyl (C=O) groups is 1. The summed E-state index contributed by atoms with van der Waals surface area (Å²) in [6.45, 7) is 0.416. The van der Waals surface area contributed by atoms with Gasteiger partial charge >= 0.3 is 0 Å². The molecule has 5 heteroatoms.